The summed E-state index contributed by atoms with van der Waals surface area (Å²) >= 11 is 0. The van der Waals surface area contributed by atoms with Crippen LogP contribution in [0.4, 0.5) is 23.0 Å². The number of hydrogen-bond acceptors (Lipinski definition) is 9. The monoisotopic (exact) mass is 535 g/mol. The van der Waals surface area contributed by atoms with Gasteiger partial charge in [-0.3, -0.25) is 9.69 Å². The van der Waals surface area contributed by atoms with Crippen molar-refractivity contribution in [1.82, 2.24) is 25.1 Å². The molecular formula is C29H45N9O. The van der Waals surface area contributed by atoms with Crippen molar-refractivity contribution in [3.8, 4) is 0 Å². The smallest absolute Gasteiger partial charge is 0.271 e. The first-order valence-electron chi connectivity index (χ1n) is 14.6. The van der Waals surface area contributed by atoms with E-state index in [0.717, 1.165) is 49.9 Å². The average molecular weight is 536 g/mol. The molecule has 3 saturated heterocycles. The lowest BCUT2D eigenvalue weighted by atomic mass is 10.0. The molecule has 212 valence electrons. The largest absolute Gasteiger partial charge is 0.371 e. The number of aromatic nitrogens is 2. The predicted molar refractivity (Wildman–Crippen MR) is 158 cm³/mol. The minimum absolute atomic E-state index is 0.187. The molecule has 0 spiro atoms. The van der Waals surface area contributed by atoms with Crippen LogP contribution in [0.25, 0.3) is 0 Å². The molecule has 0 radical (unpaired) electrons. The molecule has 3 fully saturated rings. The van der Waals surface area contributed by atoms with E-state index < -0.39 is 5.91 Å². The van der Waals surface area contributed by atoms with Crippen molar-refractivity contribution in [1.29, 1.82) is 0 Å². The zero-order valence-electron chi connectivity index (χ0n) is 24.0. The Labute approximate surface area is 232 Å². The van der Waals surface area contributed by atoms with Gasteiger partial charge in [0.15, 0.2) is 17.3 Å². The number of piperazine rings is 2. The summed E-state index contributed by atoms with van der Waals surface area (Å²) < 4.78 is 0. The number of piperidine rings is 1. The highest BCUT2D eigenvalue weighted by atomic mass is 16.1. The Bertz CT molecular complexity index is 1160. The second kappa shape index (κ2) is 12.1. The van der Waals surface area contributed by atoms with Gasteiger partial charge in [0.2, 0.25) is 0 Å². The number of nitrogens with one attached hydrogen (secondary N) is 2. The van der Waals surface area contributed by atoms with E-state index in [2.05, 4.69) is 74.3 Å². The van der Waals surface area contributed by atoms with Gasteiger partial charge in [-0.1, -0.05) is 6.92 Å². The molecule has 1 aromatic carbocycles. The summed E-state index contributed by atoms with van der Waals surface area (Å²) in [6.07, 6.45) is 3.09. The SMILES string of the molecule is CCc1nc(C(N)=O)c(Nc2ccc(N3CCC(N4CCN(C)CC4)CC3)c(C)c2)nc1N1CCN[C@@H](C)C1. The summed E-state index contributed by atoms with van der Waals surface area (Å²) in [5, 5.41) is 6.85. The third-order valence-electron chi connectivity index (χ3n) is 8.50. The molecule has 1 aromatic heterocycles. The first kappa shape index (κ1) is 27.6. The zero-order valence-corrected chi connectivity index (χ0v) is 24.0. The Kier molecular flexibility index (Phi) is 8.54. The van der Waals surface area contributed by atoms with Crippen LogP contribution in [-0.4, -0.2) is 104 Å². The Morgan fingerprint density at radius 2 is 1.82 bits per heavy atom. The van der Waals surface area contributed by atoms with E-state index in [1.54, 1.807) is 0 Å². The highest BCUT2D eigenvalue weighted by Crippen LogP contribution is 2.31. The summed E-state index contributed by atoms with van der Waals surface area (Å²) in [6.45, 7) is 15.8. The van der Waals surface area contributed by atoms with Crippen LogP contribution >= 0.6 is 0 Å². The maximum Gasteiger partial charge on any atom is 0.271 e. The molecule has 39 heavy (non-hydrogen) atoms. The minimum Gasteiger partial charge on any atom is -0.371 e. The fourth-order valence-corrected chi connectivity index (χ4v) is 6.22. The zero-order chi connectivity index (χ0) is 27.5. The van der Waals surface area contributed by atoms with Crippen LogP contribution < -0.4 is 26.2 Å². The van der Waals surface area contributed by atoms with Crippen LogP contribution in [-0.2, 0) is 6.42 Å². The first-order chi connectivity index (χ1) is 18.8. The number of anilines is 4. The molecular weight excluding hydrogens is 490 g/mol. The number of nitrogens with two attached hydrogens (primary N) is 1. The summed E-state index contributed by atoms with van der Waals surface area (Å²) in [7, 11) is 2.22. The van der Waals surface area contributed by atoms with E-state index >= 15 is 0 Å². The molecule has 3 aliphatic rings. The Hall–Kier alpha value is -2.95. The molecule has 10 nitrogen and oxygen atoms in total. The second-order valence-electron chi connectivity index (χ2n) is 11.4. The first-order valence-corrected chi connectivity index (χ1v) is 14.6. The van der Waals surface area contributed by atoms with Crippen molar-refractivity contribution in [3.05, 3.63) is 35.2 Å². The van der Waals surface area contributed by atoms with Gasteiger partial charge in [0.1, 0.15) is 0 Å². The number of amides is 1. The summed E-state index contributed by atoms with van der Waals surface area (Å²) in [5.74, 6) is 0.674. The van der Waals surface area contributed by atoms with Gasteiger partial charge in [-0.2, -0.15) is 0 Å². The minimum atomic E-state index is -0.573. The average Bonchev–Trinajstić information content (AvgIpc) is 2.93. The van der Waals surface area contributed by atoms with Crippen LogP contribution in [0.15, 0.2) is 18.2 Å². The lowest BCUT2D eigenvalue weighted by Crippen LogP contribution is -2.52. The van der Waals surface area contributed by atoms with Gasteiger partial charge in [0, 0.05) is 82.4 Å². The van der Waals surface area contributed by atoms with Crippen LogP contribution in [0, 0.1) is 6.92 Å². The number of primary amides is 1. The Morgan fingerprint density at radius 3 is 2.46 bits per heavy atom. The van der Waals surface area contributed by atoms with Gasteiger partial charge in [-0.05, 0) is 63.9 Å². The topological polar surface area (TPSA) is 106 Å². The number of carbonyl (C=O) groups is 1. The lowest BCUT2D eigenvalue weighted by Gasteiger charge is -2.43. The number of rotatable bonds is 7. The van der Waals surface area contributed by atoms with E-state index in [4.69, 9.17) is 10.7 Å². The van der Waals surface area contributed by atoms with Crippen LogP contribution in [0.3, 0.4) is 0 Å². The fourth-order valence-electron chi connectivity index (χ4n) is 6.22. The maximum atomic E-state index is 12.3. The third kappa shape index (κ3) is 6.28. The van der Waals surface area contributed by atoms with Crippen LogP contribution in [0.2, 0.25) is 0 Å². The van der Waals surface area contributed by atoms with Gasteiger partial charge >= 0.3 is 0 Å². The van der Waals surface area contributed by atoms with E-state index in [-0.39, 0.29) is 5.69 Å². The quantitative estimate of drug-likeness (QED) is 0.492. The van der Waals surface area contributed by atoms with Gasteiger partial charge in [-0.15, -0.1) is 0 Å². The van der Waals surface area contributed by atoms with Gasteiger partial charge in [0.25, 0.3) is 5.91 Å². The Balaban J connectivity index is 1.30. The van der Waals surface area contributed by atoms with Gasteiger partial charge in [-0.25, -0.2) is 9.97 Å². The molecule has 10 heteroatoms. The molecule has 0 bridgehead atoms. The van der Waals surface area contributed by atoms with E-state index in [0.29, 0.717) is 24.3 Å². The normalized spacial score (nSPS) is 21.8. The third-order valence-corrected chi connectivity index (χ3v) is 8.50. The van der Waals surface area contributed by atoms with Gasteiger partial charge < -0.3 is 31.1 Å². The molecule has 3 aliphatic heterocycles. The number of carbonyl (C=O) groups excluding carboxylic acids is 1. The van der Waals surface area contributed by atoms with E-state index in [1.165, 1.54) is 50.3 Å². The summed E-state index contributed by atoms with van der Waals surface area (Å²) in [5.41, 5.74) is 10.1. The number of hydrogen-bond donors (Lipinski definition) is 3. The number of benzene rings is 1. The van der Waals surface area contributed by atoms with Crippen molar-refractivity contribution >= 4 is 28.9 Å². The highest BCUT2D eigenvalue weighted by molar-refractivity contribution is 5.96. The van der Waals surface area contributed by atoms with Crippen molar-refractivity contribution in [2.45, 2.75) is 52.1 Å². The number of nitrogens with zero attached hydrogens (tertiary/aromatic N) is 6. The molecule has 1 amide bonds. The predicted octanol–water partition coefficient (Wildman–Crippen LogP) is 2.20. The molecule has 4 heterocycles. The van der Waals surface area contributed by atoms with Crippen LogP contribution in [0.1, 0.15) is 48.4 Å². The summed E-state index contributed by atoms with van der Waals surface area (Å²) in [4.78, 5) is 31.8. The molecule has 0 saturated carbocycles. The molecule has 0 aliphatic carbocycles. The molecule has 5 rings (SSSR count). The highest BCUT2D eigenvalue weighted by Gasteiger charge is 2.28. The molecule has 0 unspecified atom stereocenters. The number of likely N-dealkylation sites (N-methyl/N-ethyl adjacent to an activating group) is 1. The number of aryl methyl sites for hydroxylation is 2. The molecule has 2 aromatic rings. The van der Waals surface area contributed by atoms with Crippen LogP contribution in [0.5, 0.6) is 0 Å². The van der Waals surface area contributed by atoms with Gasteiger partial charge in [0.05, 0.1) is 5.69 Å². The fraction of sp³-hybridized carbons (Fsp3) is 0.621. The maximum absolute atomic E-state index is 12.3. The van der Waals surface area contributed by atoms with Crippen molar-refractivity contribution in [2.75, 3.05) is 81.1 Å². The van der Waals surface area contributed by atoms with E-state index in [9.17, 15) is 4.79 Å². The summed E-state index contributed by atoms with van der Waals surface area (Å²) in [6, 6.07) is 7.45. The second-order valence-corrected chi connectivity index (χ2v) is 11.4. The standard InChI is InChI=1S/C29H45N9O/c1-5-24-29(38-13-10-31-21(3)19-38)34-28(26(33-24)27(30)39)32-22-6-7-25(20(2)18-22)37-11-8-23(9-12-37)36-16-14-35(4)15-17-36/h6-7,18,21,23,31H,5,8-17,19H2,1-4H3,(H2,30,39)(H,32,34)/t21-/m0/s1. The Morgan fingerprint density at radius 1 is 1.08 bits per heavy atom. The molecule has 4 N–H and O–H groups in total. The molecule has 1 atom stereocenters. The lowest BCUT2D eigenvalue weighted by molar-refractivity contribution is 0.0982. The van der Waals surface area contributed by atoms with Crippen molar-refractivity contribution in [3.63, 3.8) is 0 Å². The van der Waals surface area contributed by atoms with E-state index in [1.807, 2.05) is 6.92 Å². The van der Waals surface area contributed by atoms with Crippen molar-refractivity contribution < 1.29 is 4.79 Å². The van der Waals surface area contributed by atoms with Crippen molar-refractivity contribution in [2.24, 2.45) is 5.73 Å².